The summed E-state index contributed by atoms with van der Waals surface area (Å²) in [6, 6.07) is 0. The lowest BCUT2D eigenvalue weighted by Crippen LogP contribution is -2.30. The van der Waals surface area contributed by atoms with E-state index in [-0.39, 0.29) is 25.2 Å². The summed E-state index contributed by atoms with van der Waals surface area (Å²) in [6.45, 7) is 5.64. The fourth-order valence-corrected chi connectivity index (χ4v) is 5.46. The standard InChI is InChI=1S/C39H72O6/c1-4-6-8-10-12-14-16-18-19-21-23-25-27-29-31-33-39(42)45-37(34-43-36(3)40)35-44-38(41)32-30-28-26-24-22-20-17-15-13-11-9-7-5-2/h18-19,37H,4-17,20-35H2,1-3H3/b19-18+. The molecular weight excluding hydrogens is 564 g/mol. The second-order valence-electron chi connectivity index (χ2n) is 12.9. The van der Waals surface area contributed by atoms with Crippen LogP contribution < -0.4 is 0 Å². The maximum atomic E-state index is 12.4. The van der Waals surface area contributed by atoms with Crippen molar-refractivity contribution < 1.29 is 28.6 Å². The number of carbonyl (C=O) groups is 3. The molecule has 0 aromatic carbocycles. The normalized spacial score (nSPS) is 12.0. The van der Waals surface area contributed by atoms with Gasteiger partial charge in [-0.3, -0.25) is 14.4 Å². The Morgan fingerprint density at radius 3 is 1.24 bits per heavy atom. The number of unbranched alkanes of at least 4 members (excludes halogenated alkanes) is 23. The van der Waals surface area contributed by atoms with Crippen LogP contribution in [0.3, 0.4) is 0 Å². The first kappa shape index (κ1) is 43.1. The molecule has 0 fully saturated rings. The van der Waals surface area contributed by atoms with Crippen LogP contribution >= 0.6 is 0 Å². The summed E-state index contributed by atoms with van der Waals surface area (Å²) in [6.07, 6.45) is 36.5. The predicted molar refractivity (Wildman–Crippen MR) is 187 cm³/mol. The minimum Gasteiger partial charge on any atom is -0.462 e. The fraction of sp³-hybridized carbons (Fsp3) is 0.872. The van der Waals surface area contributed by atoms with Crippen LogP contribution in [0.2, 0.25) is 0 Å². The molecule has 264 valence electrons. The highest BCUT2D eigenvalue weighted by atomic mass is 16.6. The highest BCUT2D eigenvalue weighted by Gasteiger charge is 2.18. The third-order valence-corrected chi connectivity index (χ3v) is 8.33. The Balaban J connectivity index is 3.85. The van der Waals surface area contributed by atoms with E-state index in [9.17, 15) is 14.4 Å². The van der Waals surface area contributed by atoms with E-state index in [1.165, 1.54) is 129 Å². The molecule has 6 heteroatoms. The van der Waals surface area contributed by atoms with Gasteiger partial charge in [0.1, 0.15) is 13.2 Å². The molecule has 0 saturated heterocycles. The minimum absolute atomic E-state index is 0.0807. The quantitative estimate of drug-likeness (QED) is 0.0303. The Hall–Kier alpha value is -1.85. The van der Waals surface area contributed by atoms with Gasteiger partial charge in [-0.1, -0.05) is 154 Å². The van der Waals surface area contributed by atoms with Crippen LogP contribution in [0.4, 0.5) is 0 Å². The summed E-state index contributed by atoms with van der Waals surface area (Å²) in [7, 11) is 0. The van der Waals surface area contributed by atoms with Crippen LogP contribution in [0.5, 0.6) is 0 Å². The number of rotatable bonds is 34. The zero-order valence-corrected chi connectivity index (χ0v) is 29.9. The Kier molecular flexibility index (Phi) is 33.6. The van der Waals surface area contributed by atoms with Crippen molar-refractivity contribution in [3.63, 3.8) is 0 Å². The predicted octanol–water partition coefficient (Wildman–Crippen LogP) is 11.5. The summed E-state index contributed by atoms with van der Waals surface area (Å²) in [5.41, 5.74) is 0. The molecule has 1 atom stereocenters. The van der Waals surface area contributed by atoms with E-state index in [0.717, 1.165) is 44.9 Å². The van der Waals surface area contributed by atoms with E-state index in [1.807, 2.05) is 0 Å². The first-order valence-electron chi connectivity index (χ1n) is 19.1. The number of hydrogen-bond donors (Lipinski definition) is 0. The Bertz CT molecular complexity index is 704. The van der Waals surface area contributed by atoms with Gasteiger partial charge in [0, 0.05) is 19.8 Å². The zero-order chi connectivity index (χ0) is 33.1. The zero-order valence-electron chi connectivity index (χ0n) is 29.9. The first-order chi connectivity index (χ1) is 22.0. The van der Waals surface area contributed by atoms with Gasteiger partial charge in [-0.25, -0.2) is 0 Å². The van der Waals surface area contributed by atoms with Crippen molar-refractivity contribution in [2.45, 2.75) is 207 Å². The summed E-state index contributed by atoms with van der Waals surface area (Å²) in [5.74, 6) is -1.08. The van der Waals surface area contributed by atoms with Crippen molar-refractivity contribution in [1.29, 1.82) is 0 Å². The molecule has 0 N–H and O–H groups in total. The van der Waals surface area contributed by atoms with Crippen molar-refractivity contribution in [3.8, 4) is 0 Å². The SMILES string of the molecule is CCCCCCCC/C=C/CCCCCCCC(=O)OC(COC(C)=O)COC(=O)CCCCCCCCCCCCCCC. The molecule has 1 unspecified atom stereocenters. The molecule has 0 rings (SSSR count). The average molecular weight is 637 g/mol. The van der Waals surface area contributed by atoms with Gasteiger partial charge in [-0.2, -0.15) is 0 Å². The van der Waals surface area contributed by atoms with Gasteiger partial charge in [0.05, 0.1) is 0 Å². The van der Waals surface area contributed by atoms with Gasteiger partial charge in [0.15, 0.2) is 6.10 Å². The van der Waals surface area contributed by atoms with E-state index in [1.54, 1.807) is 0 Å². The highest BCUT2D eigenvalue weighted by molar-refractivity contribution is 5.70. The fourth-order valence-electron chi connectivity index (χ4n) is 5.46. The van der Waals surface area contributed by atoms with Crippen LogP contribution in [0.15, 0.2) is 12.2 Å². The monoisotopic (exact) mass is 637 g/mol. The van der Waals surface area contributed by atoms with Crippen molar-refractivity contribution in [3.05, 3.63) is 12.2 Å². The molecule has 0 saturated carbocycles. The molecule has 0 amide bonds. The molecule has 0 radical (unpaired) electrons. The molecule has 0 aliphatic heterocycles. The smallest absolute Gasteiger partial charge is 0.306 e. The first-order valence-corrected chi connectivity index (χ1v) is 19.1. The second-order valence-corrected chi connectivity index (χ2v) is 12.9. The van der Waals surface area contributed by atoms with Gasteiger partial charge in [-0.15, -0.1) is 0 Å². The van der Waals surface area contributed by atoms with Crippen molar-refractivity contribution in [1.82, 2.24) is 0 Å². The number of ether oxygens (including phenoxy) is 3. The van der Waals surface area contributed by atoms with E-state index in [4.69, 9.17) is 14.2 Å². The number of esters is 3. The lowest BCUT2D eigenvalue weighted by molar-refractivity contribution is -0.166. The molecule has 0 aliphatic rings. The highest BCUT2D eigenvalue weighted by Crippen LogP contribution is 2.14. The van der Waals surface area contributed by atoms with Gasteiger partial charge < -0.3 is 14.2 Å². The average Bonchev–Trinajstić information content (AvgIpc) is 3.02. The van der Waals surface area contributed by atoms with Crippen LogP contribution in [-0.2, 0) is 28.6 Å². The molecule has 0 spiro atoms. The van der Waals surface area contributed by atoms with Crippen molar-refractivity contribution in [2.75, 3.05) is 13.2 Å². The molecule has 0 heterocycles. The summed E-state index contributed by atoms with van der Waals surface area (Å²) >= 11 is 0. The van der Waals surface area contributed by atoms with Gasteiger partial charge in [0.25, 0.3) is 0 Å². The lowest BCUT2D eigenvalue weighted by Gasteiger charge is -2.17. The van der Waals surface area contributed by atoms with Gasteiger partial charge in [-0.05, 0) is 38.5 Å². The van der Waals surface area contributed by atoms with Gasteiger partial charge in [0.2, 0.25) is 0 Å². The summed E-state index contributed by atoms with van der Waals surface area (Å²) in [5, 5.41) is 0. The maximum absolute atomic E-state index is 12.4. The number of carbonyl (C=O) groups excluding carboxylic acids is 3. The number of allylic oxidation sites excluding steroid dienone is 2. The van der Waals surface area contributed by atoms with Crippen LogP contribution in [0.25, 0.3) is 0 Å². The largest absolute Gasteiger partial charge is 0.462 e. The molecule has 45 heavy (non-hydrogen) atoms. The van der Waals surface area contributed by atoms with Crippen LogP contribution in [0, 0.1) is 0 Å². The van der Waals surface area contributed by atoms with Crippen molar-refractivity contribution in [2.24, 2.45) is 0 Å². The molecule has 6 nitrogen and oxygen atoms in total. The third kappa shape index (κ3) is 34.9. The van der Waals surface area contributed by atoms with E-state index in [0.29, 0.717) is 12.8 Å². The second kappa shape index (κ2) is 35.0. The van der Waals surface area contributed by atoms with Crippen LogP contribution in [-0.4, -0.2) is 37.2 Å². The molecule has 0 aliphatic carbocycles. The maximum Gasteiger partial charge on any atom is 0.306 e. The Morgan fingerprint density at radius 1 is 0.467 bits per heavy atom. The molecular formula is C39H72O6. The Labute approximate surface area is 278 Å². The Morgan fingerprint density at radius 2 is 0.822 bits per heavy atom. The summed E-state index contributed by atoms with van der Waals surface area (Å²) in [4.78, 5) is 35.9. The third-order valence-electron chi connectivity index (χ3n) is 8.33. The summed E-state index contributed by atoms with van der Waals surface area (Å²) < 4.78 is 15.9. The molecule has 0 bridgehead atoms. The molecule has 0 aromatic rings. The van der Waals surface area contributed by atoms with E-state index >= 15 is 0 Å². The minimum atomic E-state index is -0.764. The van der Waals surface area contributed by atoms with Crippen molar-refractivity contribution >= 4 is 17.9 Å². The molecule has 0 aromatic heterocycles. The topological polar surface area (TPSA) is 78.9 Å². The van der Waals surface area contributed by atoms with E-state index < -0.39 is 12.1 Å². The van der Waals surface area contributed by atoms with Crippen LogP contribution in [0.1, 0.15) is 201 Å². The van der Waals surface area contributed by atoms with E-state index in [2.05, 4.69) is 26.0 Å². The van der Waals surface area contributed by atoms with Gasteiger partial charge >= 0.3 is 17.9 Å². The lowest BCUT2D eigenvalue weighted by atomic mass is 10.0. The number of hydrogen-bond acceptors (Lipinski definition) is 6.